The summed E-state index contributed by atoms with van der Waals surface area (Å²) in [7, 11) is 0. The minimum Gasteiger partial charge on any atom is -0.341 e. The lowest BCUT2D eigenvalue weighted by molar-refractivity contribution is -0.134. The van der Waals surface area contributed by atoms with Crippen molar-refractivity contribution in [3.63, 3.8) is 0 Å². The van der Waals surface area contributed by atoms with E-state index in [0.29, 0.717) is 0 Å². The Hall–Kier alpha value is -0.940. The molecule has 5 heteroatoms. The van der Waals surface area contributed by atoms with Crippen molar-refractivity contribution in [2.24, 2.45) is 0 Å². The number of hydrogen-bond acceptors (Lipinski definition) is 4. The molecule has 2 rings (SSSR count). The molecular formula is C14H23N3OS. The Balaban J connectivity index is 1.91. The molecule has 0 aliphatic carbocycles. The number of nitrogens with zero attached hydrogens (tertiary/aromatic N) is 2. The Kier molecular flexibility index (Phi) is 4.93. The molecule has 1 amide bonds. The van der Waals surface area contributed by atoms with E-state index in [9.17, 15) is 4.79 Å². The number of aryl methyl sites for hydroxylation is 1. The maximum Gasteiger partial charge on any atom is 0.239 e. The zero-order valence-electron chi connectivity index (χ0n) is 12.0. The molecule has 106 valence electrons. The van der Waals surface area contributed by atoms with E-state index in [1.807, 2.05) is 24.3 Å². The lowest BCUT2D eigenvalue weighted by Gasteiger charge is -2.30. The Bertz CT molecular complexity index is 426. The second kappa shape index (κ2) is 6.48. The lowest BCUT2D eigenvalue weighted by Crippen LogP contribution is -2.47. The quantitative estimate of drug-likeness (QED) is 0.922. The van der Waals surface area contributed by atoms with Crippen LogP contribution in [0.25, 0.3) is 0 Å². The van der Waals surface area contributed by atoms with Crippen LogP contribution in [0.1, 0.15) is 49.7 Å². The molecule has 1 aliphatic heterocycles. The number of piperidine rings is 1. The van der Waals surface area contributed by atoms with Gasteiger partial charge in [-0.1, -0.05) is 0 Å². The summed E-state index contributed by atoms with van der Waals surface area (Å²) in [6.45, 7) is 7.91. The summed E-state index contributed by atoms with van der Waals surface area (Å²) in [6, 6.07) is 0.0471. The molecule has 1 aromatic heterocycles. The first-order valence-electron chi connectivity index (χ1n) is 7.04. The highest BCUT2D eigenvalue weighted by Gasteiger charge is 2.24. The molecule has 2 atom stereocenters. The number of likely N-dealkylation sites (tertiary alicyclic amines) is 1. The minimum absolute atomic E-state index is 0.130. The first-order chi connectivity index (χ1) is 9.09. The van der Waals surface area contributed by atoms with E-state index in [0.717, 1.165) is 31.6 Å². The Morgan fingerprint density at radius 2 is 2.05 bits per heavy atom. The van der Waals surface area contributed by atoms with Crippen LogP contribution in [0.4, 0.5) is 0 Å². The van der Waals surface area contributed by atoms with Crippen molar-refractivity contribution in [3.8, 4) is 0 Å². The van der Waals surface area contributed by atoms with Crippen molar-refractivity contribution < 1.29 is 4.79 Å². The zero-order valence-corrected chi connectivity index (χ0v) is 12.8. The van der Waals surface area contributed by atoms with Gasteiger partial charge in [0.25, 0.3) is 0 Å². The number of carbonyl (C=O) groups excluding carboxylic acids is 1. The number of carbonyl (C=O) groups is 1. The van der Waals surface area contributed by atoms with E-state index in [2.05, 4.69) is 17.2 Å². The van der Waals surface area contributed by atoms with Gasteiger partial charge in [-0.05, 0) is 40.0 Å². The smallest absolute Gasteiger partial charge is 0.239 e. The van der Waals surface area contributed by atoms with E-state index < -0.39 is 0 Å². The molecule has 2 unspecified atom stereocenters. The molecular weight excluding hydrogens is 258 g/mol. The van der Waals surface area contributed by atoms with Crippen molar-refractivity contribution in [2.75, 3.05) is 13.1 Å². The second-order valence-corrected chi connectivity index (χ2v) is 6.18. The van der Waals surface area contributed by atoms with E-state index in [-0.39, 0.29) is 18.0 Å². The van der Waals surface area contributed by atoms with Gasteiger partial charge in [-0.15, -0.1) is 11.3 Å². The average molecular weight is 281 g/mol. The normalized spacial score (nSPS) is 19.2. The number of rotatable bonds is 4. The van der Waals surface area contributed by atoms with Crippen LogP contribution in [0.15, 0.2) is 5.51 Å². The molecule has 1 saturated heterocycles. The fraction of sp³-hybridized carbons (Fsp3) is 0.714. The van der Waals surface area contributed by atoms with E-state index in [1.165, 1.54) is 11.3 Å². The predicted octanol–water partition coefficient (Wildman–Crippen LogP) is 2.50. The summed E-state index contributed by atoms with van der Waals surface area (Å²) in [5, 5.41) is 3.40. The summed E-state index contributed by atoms with van der Waals surface area (Å²) in [5.74, 6) is 0.230. The summed E-state index contributed by atoms with van der Waals surface area (Å²) in [5.41, 5.74) is 2.92. The summed E-state index contributed by atoms with van der Waals surface area (Å²) in [4.78, 5) is 19.8. The standard InChI is InChI=1S/C14H23N3OS/c1-10-13(19-9-15-10)11(2)16-12(3)14(18)17-7-5-4-6-8-17/h9,11-12,16H,4-8H2,1-3H3. The average Bonchev–Trinajstić information content (AvgIpc) is 2.85. The summed E-state index contributed by atoms with van der Waals surface area (Å²) < 4.78 is 0. The highest BCUT2D eigenvalue weighted by molar-refractivity contribution is 7.09. The largest absolute Gasteiger partial charge is 0.341 e. The molecule has 4 nitrogen and oxygen atoms in total. The van der Waals surface area contributed by atoms with Gasteiger partial charge in [-0.2, -0.15) is 0 Å². The number of hydrogen-bond donors (Lipinski definition) is 1. The van der Waals surface area contributed by atoms with Gasteiger partial charge in [-0.3, -0.25) is 10.1 Å². The molecule has 2 heterocycles. The number of thiazole rings is 1. The molecule has 0 radical (unpaired) electrons. The topological polar surface area (TPSA) is 45.2 Å². The highest BCUT2D eigenvalue weighted by Crippen LogP contribution is 2.21. The van der Waals surface area contributed by atoms with Gasteiger partial charge in [0.15, 0.2) is 0 Å². The fourth-order valence-corrected chi connectivity index (χ4v) is 3.46. The van der Waals surface area contributed by atoms with E-state index in [1.54, 1.807) is 11.3 Å². The maximum atomic E-state index is 12.3. The number of aromatic nitrogens is 1. The van der Waals surface area contributed by atoms with Crippen molar-refractivity contribution in [1.29, 1.82) is 0 Å². The van der Waals surface area contributed by atoms with E-state index in [4.69, 9.17) is 0 Å². The minimum atomic E-state index is -0.130. The van der Waals surface area contributed by atoms with Gasteiger partial charge in [0.2, 0.25) is 5.91 Å². The second-order valence-electron chi connectivity index (χ2n) is 5.30. The molecule has 1 aliphatic rings. The number of nitrogens with one attached hydrogen (secondary N) is 1. The van der Waals surface area contributed by atoms with Crippen LogP contribution in [0.2, 0.25) is 0 Å². The monoisotopic (exact) mass is 281 g/mol. The van der Waals surface area contributed by atoms with Crippen molar-refractivity contribution in [1.82, 2.24) is 15.2 Å². The van der Waals surface area contributed by atoms with Gasteiger partial charge >= 0.3 is 0 Å². The van der Waals surface area contributed by atoms with Crippen LogP contribution in [0, 0.1) is 6.92 Å². The molecule has 1 fully saturated rings. The van der Waals surface area contributed by atoms with Gasteiger partial charge in [0.1, 0.15) is 0 Å². The van der Waals surface area contributed by atoms with Crippen molar-refractivity contribution in [2.45, 2.75) is 52.1 Å². The molecule has 0 bridgehead atoms. The lowest BCUT2D eigenvalue weighted by atomic mass is 10.1. The van der Waals surface area contributed by atoms with Crippen LogP contribution < -0.4 is 5.32 Å². The van der Waals surface area contributed by atoms with Gasteiger partial charge < -0.3 is 4.90 Å². The molecule has 1 N–H and O–H groups in total. The molecule has 0 spiro atoms. The molecule has 0 saturated carbocycles. The van der Waals surface area contributed by atoms with E-state index >= 15 is 0 Å². The first-order valence-corrected chi connectivity index (χ1v) is 7.92. The third kappa shape index (κ3) is 3.54. The van der Waals surface area contributed by atoms with Crippen LogP contribution in [-0.2, 0) is 4.79 Å². The predicted molar refractivity (Wildman–Crippen MR) is 78.3 cm³/mol. The summed E-state index contributed by atoms with van der Waals surface area (Å²) in [6.07, 6.45) is 3.53. The number of amides is 1. The third-order valence-electron chi connectivity index (χ3n) is 3.71. The van der Waals surface area contributed by atoms with Crippen LogP contribution in [0.3, 0.4) is 0 Å². The molecule has 0 aromatic carbocycles. The fourth-order valence-electron chi connectivity index (χ4n) is 2.64. The summed E-state index contributed by atoms with van der Waals surface area (Å²) >= 11 is 1.65. The maximum absolute atomic E-state index is 12.3. The van der Waals surface area contributed by atoms with Gasteiger partial charge in [0.05, 0.1) is 17.2 Å². The molecule has 1 aromatic rings. The van der Waals surface area contributed by atoms with Crippen molar-refractivity contribution in [3.05, 3.63) is 16.1 Å². The zero-order chi connectivity index (χ0) is 13.8. The van der Waals surface area contributed by atoms with Crippen LogP contribution in [-0.4, -0.2) is 34.9 Å². The Morgan fingerprint density at radius 1 is 1.37 bits per heavy atom. The molecule has 19 heavy (non-hydrogen) atoms. The van der Waals surface area contributed by atoms with Gasteiger partial charge in [-0.25, -0.2) is 4.98 Å². The van der Waals surface area contributed by atoms with Crippen LogP contribution >= 0.6 is 11.3 Å². The Labute approximate surface area is 119 Å². The first kappa shape index (κ1) is 14.5. The third-order valence-corrected chi connectivity index (χ3v) is 4.83. The van der Waals surface area contributed by atoms with Crippen LogP contribution in [0.5, 0.6) is 0 Å². The SMILES string of the molecule is Cc1ncsc1C(C)NC(C)C(=O)N1CCCCC1. The van der Waals surface area contributed by atoms with Gasteiger partial charge in [0, 0.05) is 24.0 Å². The Morgan fingerprint density at radius 3 is 2.63 bits per heavy atom. The van der Waals surface area contributed by atoms with Crippen molar-refractivity contribution >= 4 is 17.2 Å². The highest BCUT2D eigenvalue weighted by atomic mass is 32.1.